The molecule has 1 amide bonds. The summed E-state index contributed by atoms with van der Waals surface area (Å²) in [7, 11) is 1.84. The van der Waals surface area contributed by atoms with Gasteiger partial charge >= 0.3 is 6.01 Å². The molecule has 2 aromatic carbocycles. The molecule has 11 nitrogen and oxygen atoms in total. The maximum absolute atomic E-state index is 16.7. The summed E-state index contributed by atoms with van der Waals surface area (Å²) in [6.45, 7) is 4.10. The van der Waals surface area contributed by atoms with Crippen LogP contribution in [-0.4, -0.2) is 98.9 Å². The predicted molar refractivity (Wildman–Crippen MR) is 190 cm³/mol. The highest BCUT2D eigenvalue weighted by Crippen LogP contribution is 2.41. The first kappa shape index (κ1) is 34.3. The van der Waals surface area contributed by atoms with Crippen LogP contribution in [0.15, 0.2) is 53.2 Å². The smallest absolute Gasteiger partial charge is 0.319 e. The maximum Gasteiger partial charge on any atom is 0.319 e. The number of anilines is 1. The molecular weight excluding hydrogens is 697 g/mol. The Kier molecular flexibility index (Phi) is 8.98. The van der Waals surface area contributed by atoms with Crippen LogP contribution in [0.5, 0.6) is 6.01 Å². The standard InChI is InChI=1S/C37H36ClF3N8O3/c1-21(39)34-43-28(52-46-34)10-11-29(50)48-17-22(18-48)16-47(2)35-26-15-42-32(25-8-3-6-23-7-4-9-27(38)30(23)25)31(41)33(26)44-36(45-35)51-20-37-12-5-13-49(37)19-24(40)14-37/h3-4,6-11,15,21-22,24H,5,12-14,16-20H2,1-2H3/b11-10+/t21-,24+,37-/m0/s1. The lowest BCUT2D eigenvalue weighted by Gasteiger charge is -2.40. The van der Waals surface area contributed by atoms with Crippen LogP contribution in [0.4, 0.5) is 19.0 Å². The molecule has 0 bridgehead atoms. The first-order valence-corrected chi connectivity index (χ1v) is 17.7. The summed E-state index contributed by atoms with van der Waals surface area (Å²) in [6, 6.07) is 11.0. The van der Waals surface area contributed by atoms with Crippen LogP contribution in [0.25, 0.3) is 39.0 Å². The van der Waals surface area contributed by atoms with Crippen molar-refractivity contribution in [3.05, 3.63) is 71.2 Å². The highest BCUT2D eigenvalue weighted by Gasteiger charge is 2.49. The van der Waals surface area contributed by atoms with Gasteiger partial charge in [0.2, 0.25) is 11.7 Å². The number of hydrogen-bond donors (Lipinski definition) is 0. The number of alkyl halides is 2. The van der Waals surface area contributed by atoms with Gasteiger partial charge in [0.1, 0.15) is 29.8 Å². The third-order valence-corrected chi connectivity index (χ3v) is 10.6. The summed E-state index contributed by atoms with van der Waals surface area (Å²) in [6.07, 6.45) is 4.06. The van der Waals surface area contributed by atoms with Crippen molar-refractivity contribution >= 4 is 51.1 Å². The molecule has 0 saturated carbocycles. The number of pyridine rings is 1. The highest BCUT2D eigenvalue weighted by molar-refractivity contribution is 6.36. The van der Waals surface area contributed by atoms with E-state index in [4.69, 9.17) is 25.8 Å². The fraction of sp³-hybridized carbons (Fsp3) is 0.405. The number of hydrogen-bond acceptors (Lipinski definition) is 10. The Balaban J connectivity index is 1.07. The lowest BCUT2D eigenvalue weighted by molar-refractivity contribution is -0.131. The van der Waals surface area contributed by atoms with Gasteiger partial charge in [-0.25, -0.2) is 13.2 Å². The number of amides is 1. The molecule has 3 fully saturated rings. The van der Waals surface area contributed by atoms with E-state index in [0.717, 1.165) is 24.8 Å². The zero-order valence-corrected chi connectivity index (χ0v) is 29.4. The van der Waals surface area contributed by atoms with Crippen molar-refractivity contribution in [1.82, 2.24) is 34.9 Å². The van der Waals surface area contributed by atoms with E-state index in [9.17, 15) is 13.6 Å². The molecule has 0 unspecified atom stereocenters. The Bertz CT molecular complexity index is 2190. The molecule has 52 heavy (non-hydrogen) atoms. The van der Waals surface area contributed by atoms with Crippen molar-refractivity contribution in [2.45, 2.75) is 44.1 Å². The fourth-order valence-corrected chi connectivity index (χ4v) is 8.05. The molecule has 3 aliphatic heterocycles. The minimum Gasteiger partial charge on any atom is -0.461 e. The molecule has 3 aromatic heterocycles. The number of carbonyl (C=O) groups excluding carboxylic acids is 1. The zero-order valence-electron chi connectivity index (χ0n) is 28.6. The summed E-state index contributed by atoms with van der Waals surface area (Å²) >= 11 is 6.60. The van der Waals surface area contributed by atoms with E-state index in [1.807, 2.05) is 36.2 Å². The van der Waals surface area contributed by atoms with E-state index in [1.165, 1.54) is 19.1 Å². The van der Waals surface area contributed by atoms with Crippen LogP contribution < -0.4 is 9.64 Å². The minimum absolute atomic E-state index is 0.00762. The molecule has 15 heteroatoms. The van der Waals surface area contributed by atoms with Crippen LogP contribution in [0, 0.1) is 11.7 Å². The van der Waals surface area contributed by atoms with Crippen molar-refractivity contribution in [1.29, 1.82) is 0 Å². The molecule has 0 N–H and O–H groups in total. The zero-order chi connectivity index (χ0) is 36.1. The Hall–Kier alpha value is -4.82. The van der Waals surface area contributed by atoms with Gasteiger partial charge in [0, 0.05) is 79.9 Å². The van der Waals surface area contributed by atoms with Gasteiger partial charge in [0.25, 0.3) is 5.89 Å². The summed E-state index contributed by atoms with van der Waals surface area (Å²) in [5.74, 6) is -0.419. The number of nitrogens with zero attached hydrogens (tertiary/aromatic N) is 8. The Labute approximate surface area is 302 Å². The predicted octanol–water partition coefficient (Wildman–Crippen LogP) is 6.61. The molecule has 3 saturated heterocycles. The minimum atomic E-state index is -1.38. The van der Waals surface area contributed by atoms with Gasteiger partial charge < -0.3 is 19.1 Å². The molecule has 3 atom stereocenters. The first-order chi connectivity index (χ1) is 25.1. The number of benzene rings is 2. The summed E-state index contributed by atoms with van der Waals surface area (Å²) in [5, 5.41) is 5.95. The van der Waals surface area contributed by atoms with Crippen LogP contribution >= 0.6 is 11.6 Å². The number of halogens is 4. The summed E-state index contributed by atoms with van der Waals surface area (Å²) in [5.41, 5.74) is 0.222. The van der Waals surface area contributed by atoms with E-state index in [-0.39, 0.29) is 47.4 Å². The van der Waals surface area contributed by atoms with Crippen LogP contribution in [0.2, 0.25) is 5.02 Å². The van der Waals surface area contributed by atoms with Gasteiger partial charge in [-0.1, -0.05) is 47.1 Å². The quantitative estimate of drug-likeness (QED) is 0.145. The third-order valence-electron chi connectivity index (χ3n) is 10.3. The van der Waals surface area contributed by atoms with Gasteiger partial charge in [-0.05, 0) is 37.8 Å². The van der Waals surface area contributed by atoms with Crippen molar-refractivity contribution < 1.29 is 27.2 Å². The van der Waals surface area contributed by atoms with E-state index >= 15 is 4.39 Å². The van der Waals surface area contributed by atoms with Crippen molar-refractivity contribution in [3.63, 3.8) is 0 Å². The maximum atomic E-state index is 16.7. The topological polar surface area (TPSA) is 114 Å². The van der Waals surface area contributed by atoms with Crippen molar-refractivity contribution in [2.75, 3.05) is 51.3 Å². The average Bonchev–Trinajstić information content (AvgIpc) is 3.82. The number of likely N-dealkylation sites (tertiary alicyclic amines) is 1. The Morgan fingerprint density at radius 3 is 2.79 bits per heavy atom. The van der Waals surface area contributed by atoms with Gasteiger partial charge in [-0.15, -0.1) is 0 Å². The van der Waals surface area contributed by atoms with Crippen molar-refractivity contribution in [2.24, 2.45) is 5.92 Å². The second-order valence-electron chi connectivity index (χ2n) is 14.0. The lowest BCUT2D eigenvalue weighted by atomic mass is 9.95. The lowest BCUT2D eigenvalue weighted by Crippen LogP contribution is -2.53. The van der Waals surface area contributed by atoms with Crippen molar-refractivity contribution in [3.8, 4) is 17.3 Å². The highest BCUT2D eigenvalue weighted by atomic mass is 35.5. The molecule has 270 valence electrons. The van der Waals surface area contributed by atoms with E-state index < -0.39 is 23.7 Å². The number of rotatable bonds is 10. The molecule has 3 aliphatic rings. The molecule has 0 spiro atoms. The first-order valence-electron chi connectivity index (χ1n) is 17.3. The summed E-state index contributed by atoms with van der Waals surface area (Å²) < 4.78 is 55.9. The van der Waals surface area contributed by atoms with Gasteiger partial charge in [-0.3, -0.25) is 14.7 Å². The van der Waals surface area contributed by atoms with Gasteiger partial charge in [-0.2, -0.15) is 15.0 Å². The van der Waals surface area contributed by atoms with Crippen LogP contribution in [-0.2, 0) is 4.79 Å². The van der Waals surface area contributed by atoms with Crippen LogP contribution in [0.3, 0.4) is 0 Å². The normalized spacial score (nSPS) is 21.3. The number of fused-ring (bicyclic) bond motifs is 3. The van der Waals surface area contributed by atoms with Gasteiger partial charge in [0.15, 0.2) is 12.0 Å². The molecule has 5 aromatic rings. The van der Waals surface area contributed by atoms with Crippen LogP contribution in [0.1, 0.15) is 44.1 Å². The monoisotopic (exact) mass is 732 g/mol. The van der Waals surface area contributed by atoms with E-state index in [2.05, 4.69) is 25.0 Å². The Morgan fingerprint density at radius 1 is 1.19 bits per heavy atom. The molecule has 6 heterocycles. The number of ether oxygens (including phenoxy) is 1. The molecule has 0 radical (unpaired) electrons. The number of carbonyl (C=O) groups is 1. The van der Waals surface area contributed by atoms with E-state index in [0.29, 0.717) is 59.8 Å². The Morgan fingerprint density at radius 2 is 2.00 bits per heavy atom. The molecule has 8 rings (SSSR count). The fourth-order valence-electron chi connectivity index (χ4n) is 7.77. The number of aromatic nitrogens is 5. The van der Waals surface area contributed by atoms with E-state index in [1.54, 1.807) is 23.2 Å². The average molecular weight is 733 g/mol. The molecular formula is C37H36ClF3N8O3. The summed E-state index contributed by atoms with van der Waals surface area (Å²) in [4.78, 5) is 36.3. The second kappa shape index (κ2) is 13.6. The SMILES string of the molecule is C[C@H](F)c1noc(/C=C/C(=O)N2CC(CN(C)c3nc(OC[C@@]45CCCN4C[C@H](F)C5)nc4c(F)c(-c5cccc6cccc(Cl)c56)ncc34)C2)n1. The van der Waals surface area contributed by atoms with Gasteiger partial charge in [0.05, 0.1) is 10.9 Å². The third kappa shape index (κ3) is 6.31. The largest absolute Gasteiger partial charge is 0.461 e. The second-order valence-corrected chi connectivity index (χ2v) is 14.4. The molecule has 0 aliphatic carbocycles.